The van der Waals surface area contributed by atoms with Crippen LogP contribution in [0.2, 0.25) is 5.02 Å². The number of rotatable bonds is 17. The lowest BCUT2D eigenvalue weighted by Crippen LogP contribution is -2.45. The number of nitrogens with one attached hydrogen (secondary N) is 4. The van der Waals surface area contributed by atoms with Crippen LogP contribution in [-0.4, -0.2) is 102 Å². The lowest BCUT2D eigenvalue weighted by molar-refractivity contribution is -0.120. The van der Waals surface area contributed by atoms with E-state index in [0.29, 0.717) is 91.1 Å². The third kappa shape index (κ3) is 13.9. The van der Waals surface area contributed by atoms with E-state index in [1.165, 1.54) is 16.8 Å². The van der Waals surface area contributed by atoms with Gasteiger partial charge >= 0.3 is 0 Å². The number of aldehydes is 1. The zero-order chi connectivity index (χ0) is 43.6. The van der Waals surface area contributed by atoms with Crippen molar-refractivity contribution < 1.29 is 23.9 Å². The number of thioether (sulfide) groups is 1. The Morgan fingerprint density at radius 3 is 2.54 bits per heavy atom. The van der Waals surface area contributed by atoms with Gasteiger partial charge in [-0.3, -0.25) is 24.5 Å². The predicted molar refractivity (Wildman–Crippen MR) is 238 cm³/mol. The molecule has 8 N–H and O–H groups in total. The third-order valence-corrected chi connectivity index (χ3v) is 10.2. The highest BCUT2D eigenvalue weighted by atomic mass is 35.5. The molecule has 3 heterocycles. The molecule has 0 saturated heterocycles. The highest BCUT2D eigenvalue weighted by Gasteiger charge is 2.27. The van der Waals surface area contributed by atoms with E-state index in [1.54, 1.807) is 31.1 Å². The zero-order valence-corrected chi connectivity index (χ0v) is 35.7. The summed E-state index contributed by atoms with van der Waals surface area (Å²) in [7, 11) is 3.52. The van der Waals surface area contributed by atoms with Gasteiger partial charge in [0.05, 0.1) is 25.4 Å². The summed E-state index contributed by atoms with van der Waals surface area (Å²) in [4.78, 5) is 49.6. The molecule has 1 atom stereocenters. The molecule has 0 spiro atoms. The number of likely N-dealkylation sites (N-methyl/N-ethyl adjacent to an activating group) is 2. The molecule has 61 heavy (non-hydrogen) atoms. The molecule has 5 aromatic rings. The number of aromatic nitrogens is 5. The van der Waals surface area contributed by atoms with Crippen molar-refractivity contribution >= 4 is 64.5 Å². The minimum absolute atomic E-state index is 0.0300. The van der Waals surface area contributed by atoms with E-state index >= 15 is 0 Å². The number of carbonyl (C=O) groups excluding carboxylic acids is 3. The fourth-order valence-corrected chi connectivity index (χ4v) is 6.48. The molecule has 0 saturated carbocycles. The average molecular weight is 869 g/mol. The Hall–Kier alpha value is -6.23. The molecule has 1 unspecified atom stereocenters. The fourth-order valence-electron chi connectivity index (χ4n) is 5.67. The number of ether oxygens (including phenoxy) is 2. The largest absolute Gasteiger partial charge is 0.489 e. The maximum Gasteiger partial charge on any atom is 0.296 e. The van der Waals surface area contributed by atoms with E-state index in [0.717, 1.165) is 34.7 Å². The standard InChI is InChI=1S/C31H35ClN10O3S.C11H14N2O2/c1-2-17-46-31-38-29(28(33)30(39-31)42(34)19-23-7-10-24(32)11-8-23)36-14-16-45-15-13-35-27(44)12-9-21-3-5-22(6-4-21)18-25-37-26(20-43)41-40-25;1-12-8-7-15-10-6-4-3-5-9(10)13(2)11(8)14/h3-8,10-11,20H,2,13-19,33-34H2,1H3,(H,35,44)(H,36,38,39)(H,37,40,41);3-6,8,12H,7H2,1-2H3. The number of aromatic amines is 1. The molecule has 0 bridgehead atoms. The lowest BCUT2D eigenvalue weighted by Gasteiger charge is -2.21. The van der Waals surface area contributed by atoms with Crippen molar-refractivity contribution in [3.63, 3.8) is 0 Å². The first-order chi connectivity index (χ1) is 29.6. The molecule has 0 fully saturated rings. The fraction of sp³-hybridized carbons (Fsp3) is 0.310. The van der Waals surface area contributed by atoms with Crippen LogP contribution in [0.25, 0.3) is 0 Å². The number of anilines is 4. The number of hydrazine groups is 1. The summed E-state index contributed by atoms with van der Waals surface area (Å²) in [6.45, 7) is 4.23. The molecular formula is C42H49ClN12O5S. The molecule has 320 valence electrons. The molecule has 2 aromatic heterocycles. The van der Waals surface area contributed by atoms with Crippen molar-refractivity contribution in [1.29, 1.82) is 0 Å². The van der Waals surface area contributed by atoms with Crippen LogP contribution in [0.15, 0.2) is 78.0 Å². The molecule has 3 aromatic carbocycles. The molecule has 0 aliphatic carbocycles. The van der Waals surface area contributed by atoms with E-state index in [2.05, 4.69) is 59.9 Å². The summed E-state index contributed by atoms with van der Waals surface area (Å²) < 4.78 is 11.2. The number of H-pyrrole nitrogens is 1. The van der Waals surface area contributed by atoms with Gasteiger partial charge in [0, 0.05) is 48.8 Å². The maximum absolute atomic E-state index is 12.1. The van der Waals surface area contributed by atoms with Crippen molar-refractivity contribution in [2.75, 3.05) is 73.7 Å². The first-order valence-corrected chi connectivity index (χ1v) is 20.7. The van der Waals surface area contributed by atoms with Crippen molar-refractivity contribution in [2.45, 2.75) is 37.5 Å². The van der Waals surface area contributed by atoms with Crippen LogP contribution in [0.1, 0.15) is 46.5 Å². The van der Waals surface area contributed by atoms with Crippen LogP contribution in [0.5, 0.6) is 5.75 Å². The van der Waals surface area contributed by atoms with E-state index in [4.69, 9.17) is 32.7 Å². The summed E-state index contributed by atoms with van der Waals surface area (Å²) in [5.74, 6) is 14.6. The number of nitrogens with two attached hydrogens (primary N) is 2. The molecule has 2 amide bonds. The summed E-state index contributed by atoms with van der Waals surface area (Å²) in [6.07, 6.45) is 2.05. The minimum atomic E-state index is -0.405. The normalized spacial score (nSPS) is 13.0. The summed E-state index contributed by atoms with van der Waals surface area (Å²) in [5, 5.41) is 18.1. The van der Waals surface area contributed by atoms with Crippen LogP contribution < -0.4 is 42.2 Å². The van der Waals surface area contributed by atoms with Gasteiger partial charge in [-0.1, -0.05) is 72.6 Å². The van der Waals surface area contributed by atoms with Crippen molar-refractivity contribution in [2.24, 2.45) is 5.84 Å². The molecule has 0 radical (unpaired) electrons. The Balaban J connectivity index is 0.000000392. The summed E-state index contributed by atoms with van der Waals surface area (Å²) in [6, 6.07) is 22.0. The topological polar surface area (TPSA) is 232 Å². The number of hydrogen-bond donors (Lipinski definition) is 6. The number of nitrogen functional groups attached to an aromatic ring is 1. The Morgan fingerprint density at radius 2 is 1.82 bits per heavy atom. The summed E-state index contributed by atoms with van der Waals surface area (Å²) >= 11 is 7.53. The monoisotopic (exact) mass is 868 g/mol. The van der Waals surface area contributed by atoms with E-state index in [-0.39, 0.29) is 17.8 Å². The van der Waals surface area contributed by atoms with E-state index in [9.17, 15) is 14.4 Å². The van der Waals surface area contributed by atoms with Crippen molar-refractivity contribution in [1.82, 2.24) is 35.8 Å². The second kappa shape index (κ2) is 23.5. The second-order valence-corrected chi connectivity index (χ2v) is 14.9. The van der Waals surface area contributed by atoms with Crippen LogP contribution >= 0.6 is 23.4 Å². The lowest BCUT2D eigenvalue weighted by atomic mass is 10.1. The molecule has 17 nitrogen and oxygen atoms in total. The molecular weight excluding hydrogens is 820 g/mol. The third-order valence-electron chi connectivity index (χ3n) is 8.86. The van der Waals surface area contributed by atoms with Crippen LogP contribution in [0, 0.1) is 11.8 Å². The molecule has 1 aliphatic rings. The van der Waals surface area contributed by atoms with Crippen LogP contribution in [0.3, 0.4) is 0 Å². The van der Waals surface area contributed by atoms with Gasteiger partial charge in [-0.05, 0) is 61.0 Å². The summed E-state index contributed by atoms with van der Waals surface area (Å²) in [5.41, 5.74) is 10.2. The van der Waals surface area contributed by atoms with Gasteiger partial charge in [0.2, 0.25) is 11.7 Å². The number of benzene rings is 3. The number of para-hydroxylation sites is 2. The van der Waals surface area contributed by atoms with Crippen LogP contribution in [-0.2, 0) is 27.3 Å². The Kier molecular flexibility index (Phi) is 17.7. The Bertz CT molecular complexity index is 2290. The van der Waals surface area contributed by atoms with Gasteiger partial charge in [0.1, 0.15) is 29.9 Å². The van der Waals surface area contributed by atoms with Gasteiger partial charge in [-0.15, -0.1) is 0 Å². The quantitative estimate of drug-likeness (QED) is 0.0148. The Morgan fingerprint density at radius 1 is 1.08 bits per heavy atom. The van der Waals surface area contributed by atoms with Gasteiger partial charge < -0.3 is 36.1 Å². The first-order valence-electron chi connectivity index (χ1n) is 19.4. The number of amides is 2. The van der Waals surface area contributed by atoms with Gasteiger partial charge in [-0.2, -0.15) is 5.10 Å². The van der Waals surface area contributed by atoms with Crippen molar-refractivity contribution in [3.05, 3.63) is 106 Å². The predicted octanol–water partition coefficient (Wildman–Crippen LogP) is 3.84. The highest BCUT2D eigenvalue weighted by Crippen LogP contribution is 2.31. The molecule has 1 aliphatic heterocycles. The van der Waals surface area contributed by atoms with E-state index in [1.807, 2.05) is 60.7 Å². The number of halogens is 1. The minimum Gasteiger partial charge on any atom is -0.489 e. The van der Waals surface area contributed by atoms with E-state index < -0.39 is 5.91 Å². The zero-order valence-electron chi connectivity index (χ0n) is 34.1. The van der Waals surface area contributed by atoms with Gasteiger partial charge in [-0.25, -0.2) is 20.8 Å². The van der Waals surface area contributed by atoms with Crippen LogP contribution in [0.4, 0.5) is 23.0 Å². The molecule has 6 rings (SSSR count). The highest BCUT2D eigenvalue weighted by molar-refractivity contribution is 7.99. The number of nitrogens with zero attached hydrogens (tertiary/aromatic N) is 6. The average Bonchev–Trinajstić information content (AvgIpc) is 3.69. The van der Waals surface area contributed by atoms with Crippen molar-refractivity contribution in [3.8, 4) is 17.6 Å². The smallest absolute Gasteiger partial charge is 0.296 e. The Labute approximate surface area is 363 Å². The maximum atomic E-state index is 12.1. The second-order valence-electron chi connectivity index (χ2n) is 13.4. The SMILES string of the molecule is CCCSc1nc(NCCOCCNC(=O)C#Cc2ccc(Cc3nc(C=O)n[nH]3)cc2)c(N)c(N(N)Cc2ccc(Cl)cc2)n1.CNC1COc2ccccc2N(C)C1=O. The van der Waals surface area contributed by atoms with Gasteiger partial charge in [0.25, 0.3) is 5.91 Å². The number of fused-ring (bicyclic) bond motifs is 1. The molecule has 19 heteroatoms. The number of carbonyl (C=O) groups is 3. The number of hydrogen-bond acceptors (Lipinski definition) is 15. The first kappa shape index (κ1) is 45.8. The van der Waals surface area contributed by atoms with Gasteiger partial charge in [0.15, 0.2) is 23.1 Å².